The fraction of sp³-hybridized carbons (Fsp3) is 0.389. The number of amides is 1. The molecule has 2 aliphatic rings. The van der Waals surface area contributed by atoms with E-state index in [1.807, 2.05) is 24.3 Å². The van der Waals surface area contributed by atoms with Crippen LogP contribution in [0.5, 0.6) is 0 Å². The van der Waals surface area contributed by atoms with E-state index in [0.717, 1.165) is 18.5 Å². The fourth-order valence-electron chi connectivity index (χ4n) is 3.43. The largest absolute Gasteiger partial charge is 0.337 e. The van der Waals surface area contributed by atoms with Gasteiger partial charge in [-0.15, -0.1) is 0 Å². The van der Waals surface area contributed by atoms with E-state index in [1.165, 1.54) is 12.8 Å². The molecule has 1 saturated heterocycles. The molecule has 0 spiro atoms. The normalized spacial score (nSPS) is 19.8. The van der Waals surface area contributed by atoms with E-state index in [9.17, 15) is 4.79 Å². The van der Waals surface area contributed by atoms with Crippen molar-refractivity contribution in [1.29, 1.82) is 0 Å². The molecule has 2 fully saturated rings. The Morgan fingerprint density at radius 1 is 1.27 bits per heavy atom. The number of pyridine rings is 1. The van der Waals surface area contributed by atoms with E-state index >= 15 is 0 Å². The molecule has 1 saturated carbocycles. The van der Waals surface area contributed by atoms with E-state index < -0.39 is 0 Å². The molecule has 3 aromatic rings. The molecule has 8 heteroatoms. The van der Waals surface area contributed by atoms with Crippen LogP contribution in [0.2, 0.25) is 0 Å². The number of hydrogen-bond acceptors (Lipinski definition) is 6. The van der Waals surface area contributed by atoms with Crippen LogP contribution in [-0.2, 0) is 0 Å². The van der Waals surface area contributed by atoms with Gasteiger partial charge in [-0.25, -0.2) is 0 Å². The monoisotopic (exact) mass is 350 g/mol. The van der Waals surface area contributed by atoms with Crippen molar-refractivity contribution in [3.8, 4) is 11.5 Å². The molecular weight excluding hydrogens is 332 g/mol. The average Bonchev–Trinajstić information content (AvgIpc) is 3.11. The Morgan fingerprint density at radius 2 is 2.19 bits per heavy atom. The van der Waals surface area contributed by atoms with Crippen LogP contribution < -0.4 is 0 Å². The number of nitrogens with one attached hydrogen (secondary N) is 1. The predicted octanol–water partition coefficient (Wildman–Crippen LogP) is 2.71. The van der Waals surface area contributed by atoms with Gasteiger partial charge in [0.25, 0.3) is 5.91 Å². The number of carbonyl (C=O) groups excluding carboxylic acids is 1. The summed E-state index contributed by atoms with van der Waals surface area (Å²) >= 11 is 0. The third-order valence-corrected chi connectivity index (χ3v) is 4.97. The lowest BCUT2D eigenvalue weighted by molar-refractivity contribution is 0.0704. The molecule has 1 atom stereocenters. The first-order valence-electron chi connectivity index (χ1n) is 8.91. The van der Waals surface area contributed by atoms with E-state index in [2.05, 4.69) is 25.3 Å². The standard InChI is InChI=1S/C18H18N6O2/c25-18(14-10-13(21-22-14)11-6-7-11)24-9-3-5-15(24)17-20-16(23-26-17)12-4-1-2-8-19-12/h1-2,4,8,10-11,15H,3,5-7,9H2,(H,21,22)/t15-/m1/s1. The van der Waals surface area contributed by atoms with Crippen molar-refractivity contribution < 1.29 is 9.32 Å². The topological polar surface area (TPSA) is 101 Å². The van der Waals surface area contributed by atoms with Crippen LogP contribution in [0.15, 0.2) is 35.0 Å². The summed E-state index contributed by atoms with van der Waals surface area (Å²) in [6.45, 7) is 0.663. The van der Waals surface area contributed by atoms with Crippen molar-refractivity contribution in [2.75, 3.05) is 6.54 Å². The Balaban J connectivity index is 1.38. The molecule has 0 aromatic carbocycles. The maximum atomic E-state index is 12.9. The van der Waals surface area contributed by atoms with E-state index in [4.69, 9.17) is 4.52 Å². The molecule has 8 nitrogen and oxygen atoms in total. The van der Waals surface area contributed by atoms with Crippen molar-refractivity contribution in [3.63, 3.8) is 0 Å². The molecule has 0 unspecified atom stereocenters. The number of likely N-dealkylation sites (tertiary alicyclic amines) is 1. The first-order valence-corrected chi connectivity index (χ1v) is 8.91. The molecule has 132 valence electrons. The van der Waals surface area contributed by atoms with Crippen LogP contribution in [0.4, 0.5) is 0 Å². The zero-order chi connectivity index (χ0) is 17.5. The Kier molecular flexibility index (Phi) is 3.55. The fourth-order valence-corrected chi connectivity index (χ4v) is 3.43. The Bertz CT molecular complexity index is 930. The van der Waals surface area contributed by atoms with Gasteiger partial charge in [0.1, 0.15) is 17.4 Å². The number of aromatic nitrogens is 5. The summed E-state index contributed by atoms with van der Waals surface area (Å²) in [6.07, 6.45) is 5.72. The molecule has 0 radical (unpaired) electrons. The molecule has 1 N–H and O–H groups in total. The van der Waals surface area contributed by atoms with Crippen molar-refractivity contribution in [2.24, 2.45) is 0 Å². The third kappa shape index (κ3) is 2.67. The van der Waals surface area contributed by atoms with Gasteiger partial charge in [-0.05, 0) is 43.9 Å². The summed E-state index contributed by atoms with van der Waals surface area (Å²) in [4.78, 5) is 23.4. The number of rotatable bonds is 4. The van der Waals surface area contributed by atoms with Crippen molar-refractivity contribution in [1.82, 2.24) is 30.2 Å². The van der Waals surface area contributed by atoms with E-state index in [-0.39, 0.29) is 11.9 Å². The summed E-state index contributed by atoms with van der Waals surface area (Å²) in [6, 6.07) is 7.20. The van der Waals surface area contributed by atoms with Crippen LogP contribution >= 0.6 is 0 Å². The highest BCUT2D eigenvalue weighted by atomic mass is 16.5. The maximum absolute atomic E-state index is 12.9. The number of H-pyrrole nitrogens is 1. The second kappa shape index (κ2) is 6.05. The predicted molar refractivity (Wildman–Crippen MR) is 91.1 cm³/mol. The van der Waals surface area contributed by atoms with Crippen LogP contribution in [0.25, 0.3) is 11.5 Å². The minimum atomic E-state index is -0.214. The molecule has 0 bridgehead atoms. The number of nitrogens with zero attached hydrogens (tertiary/aromatic N) is 5. The second-order valence-electron chi connectivity index (χ2n) is 6.81. The SMILES string of the molecule is O=C(c1cc(C2CC2)[nH]n1)N1CCC[C@@H]1c1nc(-c2ccccn2)no1. The highest BCUT2D eigenvalue weighted by Gasteiger charge is 2.36. The van der Waals surface area contributed by atoms with Crippen LogP contribution in [0.1, 0.15) is 59.7 Å². The summed E-state index contributed by atoms with van der Waals surface area (Å²) in [5.74, 6) is 1.34. The Hall–Kier alpha value is -3.03. The molecule has 1 amide bonds. The van der Waals surface area contributed by atoms with E-state index in [1.54, 1.807) is 11.1 Å². The summed E-state index contributed by atoms with van der Waals surface area (Å²) in [7, 11) is 0. The minimum absolute atomic E-state index is 0.0896. The first-order chi connectivity index (χ1) is 12.8. The smallest absolute Gasteiger partial charge is 0.275 e. The van der Waals surface area contributed by atoms with Gasteiger partial charge in [-0.2, -0.15) is 10.1 Å². The van der Waals surface area contributed by atoms with Gasteiger partial charge in [-0.1, -0.05) is 11.2 Å². The maximum Gasteiger partial charge on any atom is 0.275 e. The highest BCUT2D eigenvalue weighted by molar-refractivity contribution is 5.92. The van der Waals surface area contributed by atoms with Crippen molar-refractivity contribution in [2.45, 2.75) is 37.6 Å². The molecule has 5 rings (SSSR count). The molecule has 1 aliphatic heterocycles. The van der Waals surface area contributed by atoms with Gasteiger partial charge >= 0.3 is 0 Å². The third-order valence-electron chi connectivity index (χ3n) is 4.97. The van der Waals surface area contributed by atoms with Crippen LogP contribution in [-0.4, -0.2) is 42.7 Å². The average molecular weight is 350 g/mol. The highest BCUT2D eigenvalue weighted by Crippen LogP contribution is 2.39. The quantitative estimate of drug-likeness (QED) is 0.776. The van der Waals surface area contributed by atoms with Gasteiger partial charge < -0.3 is 9.42 Å². The lowest BCUT2D eigenvalue weighted by atomic mass is 10.2. The second-order valence-corrected chi connectivity index (χ2v) is 6.81. The Morgan fingerprint density at radius 3 is 3.00 bits per heavy atom. The van der Waals surface area contributed by atoms with Crippen molar-refractivity contribution in [3.05, 3.63) is 47.7 Å². The number of carbonyl (C=O) groups is 1. The molecule has 1 aliphatic carbocycles. The lowest BCUT2D eigenvalue weighted by Gasteiger charge is -2.20. The van der Waals surface area contributed by atoms with Crippen LogP contribution in [0, 0.1) is 0 Å². The summed E-state index contributed by atoms with van der Waals surface area (Å²) in [5.41, 5.74) is 2.17. The van der Waals surface area contributed by atoms with Gasteiger partial charge in [0.2, 0.25) is 11.7 Å². The number of hydrogen-bond donors (Lipinski definition) is 1. The van der Waals surface area contributed by atoms with E-state index in [0.29, 0.717) is 35.6 Å². The lowest BCUT2D eigenvalue weighted by Crippen LogP contribution is -2.31. The van der Waals surface area contributed by atoms with Crippen LogP contribution in [0.3, 0.4) is 0 Å². The number of aromatic amines is 1. The van der Waals surface area contributed by atoms with Gasteiger partial charge in [0, 0.05) is 24.4 Å². The zero-order valence-corrected chi connectivity index (χ0v) is 14.1. The van der Waals surface area contributed by atoms with Gasteiger partial charge in [0.05, 0.1) is 0 Å². The molecule has 3 aromatic heterocycles. The molecular formula is C18H18N6O2. The van der Waals surface area contributed by atoms with Gasteiger partial charge in [0.15, 0.2) is 0 Å². The zero-order valence-electron chi connectivity index (χ0n) is 14.1. The first kappa shape index (κ1) is 15.2. The Labute approximate surface area is 149 Å². The minimum Gasteiger partial charge on any atom is -0.337 e. The van der Waals surface area contributed by atoms with Gasteiger partial charge in [-0.3, -0.25) is 14.9 Å². The molecule has 4 heterocycles. The summed E-state index contributed by atoms with van der Waals surface area (Å²) < 4.78 is 5.45. The molecule has 26 heavy (non-hydrogen) atoms. The van der Waals surface area contributed by atoms with Crippen molar-refractivity contribution >= 4 is 5.91 Å². The summed E-state index contributed by atoms with van der Waals surface area (Å²) in [5, 5.41) is 11.2.